The highest BCUT2D eigenvalue weighted by molar-refractivity contribution is 5.92. The monoisotopic (exact) mass is 280 g/mol. The van der Waals surface area contributed by atoms with Crippen molar-refractivity contribution in [1.29, 1.82) is 0 Å². The fourth-order valence-corrected chi connectivity index (χ4v) is 2.81. The highest BCUT2D eigenvalue weighted by atomic mass is 16.5. The van der Waals surface area contributed by atoms with Crippen LogP contribution in [0.15, 0.2) is 12.4 Å². The molecule has 2 rings (SSSR count). The lowest BCUT2D eigenvalue weighted by molar-refractivity contribution is -0.122. The molecular formula is C14H24N4O2. The first kappa shape index (κ1) is 15.0. The summed E-state index contributed by atoms with van der Waals surface area (Å²) in [7, 11) is 1.65. The molecule has 1 aliphatic carbocycles. The normalized spacial score (nSPS) is 22.7. The standard InChI is InChI=1S/C14H24N4O2/c1-20-7-6-18-10-12(9-16-18)17-14(19)13-5-3-2-4-11(13)8-15/h9-11,13H,2-8,15H2,1H3,(H,17,19). The van der Waals surface area contributed by atoms with Crippen LogP contribution >= 0.6 is 0 Å². The van der Waals surface area contributed by atoms with Crippen LogP contribution in [0.3, 0.4) is 0 Å². The van der Waals surface area contributed by atoms with Crippen molar-refractivity contribution >= 4 is 11.6 Å². The van der Waals surface area contributed by atoms with Crippen molar-refractivity contribution in [3.63, 3.8) is 0 Å². The van der Waals surface area contributed by atoms with Crippen molar-refractivity contribution in [3.8, 4) is 0 Å². The average molecular weight is 280 g/mol. The minimum absolute atomic E-state index is 0.0380. The maximum atomic E-state index is 12.3. The van der Waals surface area contributed by atoms with Crippen LogP contribution in [0.1, 0.15) is 25.7 Å². The molecule has 0 saturated heterocycles. The highest BCUT2D eigenvalue weighted by Gasteiger charge is 2.30. The van der Waals surface area contributed by atoms with Crippen molar-refractivity contribution in [2.24, 2.45) is 17.6 Å². The molecule has 112 valence electrons. The number of rotatable bonds is 6. The molecule has 3 N–H and O–H groups in total. The number of aromatic nitrogens is 2. The van der Waals surface area contributed by atoms with Crippen molar-refractivity contribution in [1.82, 2.24) is 9.78 Å². The fourth-order valence-electron chi connectivity index (χ4n) is 2.81. The zero-order valence-corrected chi connectivity index (χ0v) is 12.0. The molecule has 1 saturated carbocycles. The lowest BCUT2D eigenvalue weighted by Crippen LogP contribution is -2.35. The van der Waals surface area contributed by atoms with E-state index in [4.69, 9.17) is 10.5 Å². The van der Waals surface area contributed by atoms with Crippen molar-refractivity contribution in [3.05, 3.63) is 12.4 Å². The minimum Gasteiger partial charge on any atom is -0.383 e. The number of carbonyl (C=O) groups is 1. The minimum atomic E-state index is 0.0380. The Labute approximate surface area is 119 Å². The summed E-state index contributed by atoms with van der Waals surface area (Å²) < 4.78 is 6.76. The summed E-state index contributed by atoms with van der Waals surface area (Å²) in [5, 5.41) is 7.14. The number of nitrogens with two attached hydrogens (primary N) is 1. The van der Waals surface area contributed by atoms with E-state index in [1.807, 2.05) is 6.20 Å². The number of carbonyl (C=O) groups excluding carboxylic acids is 1. The molecule has 1 aromatic heterocycles. The summed E-state index contributed by atoms with van der Waals surface area (Å²) in [6.07, 6.45) is 7.79. The predicted molar refractivity (Wildman–Crippen MR) is 77.2 cm³/mol. The van der Waals surface area contributed by atoms with E-state index in [9.17, 15) is 4.79 Å². The Kier molecular flexibility index (Phi) is 5.55. The second kappa shape index (κ2) is 7.40. The van der Waals surface area contributed by atoms with Gasteiger partial charge in [0.25, 0.3) is 0 Å². The molecule has 2 unspecified atom stereocenters. The first-order valence-electron chi connectivity index (χ1n) is 7.27. The predicted octanol–water partition coefficient (Wildman–Crippen LogP) is 1.23. The molecule has 2 atom stereocenters. The number of amides is 1. The summed E-state index contributed by atoms with van der Waals surface area (Å²) in [6.45, 7) is 1.87. The first-order valence-corrected chi connectivity index (χ1v) is 7.27. The molecule has 6 nitrogen and oxygen atoms in total. The van der Waals surface area contributed by atoms with Crippen molar-refractivity contribution in [2.75, 3.05) is 25.6 Å². The van der Waals surface area contributed by atoms with Crippen LogP contribution in [0.25, 0.3) is 0 Å². The molecule has 0 bridgehead atoms. The lowest BCUT2D eigenvalue weighted by atomic mass is 9.79. The third-order valence-electron chi connectivity index (χ3n) is 3.97. The zero-order valence-electron chi connectivity index (χ0n) is 12.0. The molecule has 0 spiro atoms. The van der Waals surface area contributed by atoms with E-state index in [2.05, 4.69) is 10.4 Å². The van der Waals surface area contributed by atoms with Gasteiger partial charge >= 0.3 is 0 Å². The number of nitrogens with zero attached hydrogens (tertiary/aromatic N) is 2. The maximum Gasteiger partial charge on any atom is 0.227 e. The van der Waals surface area contributed by atoms with Crippen LogP contribution in [0.2, 0.25) is 0 Å². The summed E-state index contributed by atoms with van der Waals surface area (Å²) in [4.78, 5) is 12.3. The van der Waals surface area contributed by atoms with Crippen LogP contribution in [0, 0.1) is 11.8 Å². The second-order valence-corrected chi connectivity index (χ2v) is 5.36. The molecule has 1 aliphatic rings. The molecule has 1 heterocycles. The molecule has 0 radical (unpaired) electrons. The summed E-state index contributed by atoms with van der Waals surface area (Å²) in [6, 6.07) is 0. The van der Waals surface area contributed by atoms with E-state index >= 15 is 0 Å². The molecule has 6 heteroatoms. The number of hydrogen-bond acceptors (Lipinski definition) is 4. The summed E-state index contributed by atoms with van der Waals surface area (Å²) >= 11 is 0. The van der Waals surface area contributed by atoms with Crippen LogP contribution in [-0.4, -0.2) is 35.9 Å². The molecule has 1 amide bonds. The smallest absolute Gasteiger partial charge is 0.227 e. The third-order valence-corrected chi connectivity index (χ3v) is 3.97. The Morgan fingerprint density at radius 3 is 3.10 bits per heavy atom. The van der Waals surface area contributed by atoms with Gasteiger partial charge in [-0.25, -0.2) is 0 Å². The van der Waals surface area contributed by atoms with Gasteiger partial charge in [-0.2, -0.15) is 5.10 Å². The van der Waals surface area contributed by atoms with Gasteiger partial charge in [-0.1, -0.05) is 12.8 Å². The Morgan fingerprint density at radius 2 is 2.35 bits per heavy atom. The number of nitrogens with one attached hydrogen (secondary N) is 1. The SMILES string of the molecule is COCCn1cc(NC(=O)C2CCCCC2CN)cn1. The zero-order chi connectivity index (χ0) is 14.4. The molecule has 1 fully saturated rings. The molecule has 0 aromatic carbocycles. The Morgan fingerprint density at radius 1 is 1.55 bits per heavy atom. The molecular weight excluding hydrogens is 256 g/mol. The number of anilines is 1. The van der Waals surface area contributed by atoms with Gasteiger partial charge in [0.05, 0.1) is 25.0 Å². The quantitative estimate of drug-likeness (QED) is 0.821. The molecule has 20 heavy (non-hydrogen) atoms. The van der Waals surface area contributed by atoms with E-state index in [0.717, 1.165) is 24.9 Å². The molecule has 1 aromatic rings. The van der Waals surface area contributed by atoms with Gasteiger partial charge in [0.15, 0.2) is 0 Å². The first-order chi connectivity index (χ1) is 9.74. The van der Waals surface area contributed by atoms with Crippen molar-refractivity contribution in [2.45, 2.75) is 32.2 Å². The van der Waals surface area contributed by atoms with Gasteiger partial charge < -0.3 is 15.8 Å². The molecule has 0 aliphatic heterocycles. The van der Waals surface area contributed by atoms with Crippen LogP contribution in [-0.2, 0) is 16.1 Å². The van der Waals surface area contributed by atoms with Gasteiger partial charge in [0.2, 0.25) is 5.91 Å². The topological polar surface area (TPSA) is 82.2 Å². The maximum absolute atomic E-state index is 12.3. The summed E-state index contributed by atoms with van der Waals surface area (Å²) in [5.74, 6) is 0.426. The number of ether oxygens (including phenoxy) is 1. The number of methoxy groups -OCH3 is 1. The fraction of sp³-hybridized carbons (Fsp3) is 0.714. The van der Waals surface area contributed by atoms with Gasteiger partial charge in [-0.15, -0.1) is 0 Å². The second-order valence-electron chi connectivity index (χ2n) is 5.36. The Balaban J connectivity index is 1.91. The Bertz CT molecular complexity index is 433. The van der Waals surface area contributed by atoms with Gasteiger partial charge in [0, 0.05) is 19.2 Å². The number of hydrogen-bond donors (Lipinski definition) is 2. The van der Waals surface area contributed by atoms with Crippen LogP contribution in [0.4, 0.5) is 5.69 Å². The van der Waals surface area contributed by atoms with E-state index in [0.29, 0.717) is 25.6 Å². The largest absolute Gasteiger partial charge is 0.383 e. The third kappa shape index (κ3) is 3.80. The average Bonchev–Trinajstić information content (AvgIpc) is 2.92. The van der Waals surface area contributed by atoms with Crippen LogP contribution < -0.4 is 11.1 Å². The Hall–Kier alpha value is -1.40. The van der Waals surface area contributed by atoms with E-state index in [1.165, 1.54) is 6.42 Å². The lowest BCUT2D eigenvalue weighted by Gasteiger charge is -2.29. The van der Waals surface area contributed by atoms with Gasteiger partial charge in [0.1, 0.15) is 0 Å². The van der Waals surface area contributed by atoms with Gasteiger partial charge in [-0.05, 0) is 25.3 Å². The highest BCUT2D eigenvalue weighted by Crippen LogP contribution is 2.30. The van der Waals surface area contributed by atoms with E-state index in [-0.39, 0.29) is 11.8 Å². The summed E-state index contributed by atoms with van der Waals surface area (Å²) in [5.41, 5.74) is 6.52. The van der Waals surface area contributed by atoms with E-state index < -0.39 is 0 Å². The van der Waals surface area contributed by atoms with E-state index in [1.54, 1.807) is 18.0 Å². The van der Waals surface area contributed by atoms with Crippen molar-refractivity contribution < 1.29 is 9.53 Å². The van der Waals surface area contributed by atoms with Crippen LogP contribution in [0.5, 0.6) is 0 Å². The van der Waals surface area contributed by atoms with Gasteiger partial charge in [-0.3, -0.25) is 9.48 Å².